The van der Waals surface area contributed by atoms with Crippen LogP contribution in [0.25, 0.3) is 0 Å². The minimum Gasteiger partial charge on any atom is -0.493 e. The Bertz CT molecular complexity index is 748. The highest BCUT2D eigenvalue weighted by atomic mass is 19.1. The van der Waals surface area contributed by atoms with Gasteiger partial charge < -0.3 is 20.1 Å². The molecular weight excluding hydrogens is 319 g/mol. The number of ether oxygens (including phenoxy) is 2. The van der Waals surface area contributed by atoms with Gasteiger partial charge in [-0.3, -0.25) is 0 Å². The molecular formula is C20H27FN2O2+2. The number of hydrogen-bond acceptors (Lipinski definition) is 2. The fourth-order valence-electron chi connectivity index (χ4n) is 3.91. The van der Waals surface area contributed by atoms with Gasteiger partial charge >= 0.3 is 0 Å². The van der Waals surface area contributed by atoms with Crippen LogP contribution in [0.5, 0.6) is 11.5 Å². The Morgan fingerprint density at radius 2 is 1.88 bits per heavy atom. The zero-order valence-electron chi connectivity index (χ0n) is 15.1. The second kappa shape index (κ2) is 7.42. The van der Waals surface area contributed by atoms with Crippen molar-refractivity contribution in [3.63, 3.8) is 0 Å². The van der Waals surface area contributed by atoms with Crippen molar-refractivity contribution in [2.75, 3.05) is 20.8 Å². The van der Waals surface area contributed by atoms with Crippen molar-refractivity contribution in [1.29, 1.82) is 0 Å². The lowest BCUT2D eigenvalue weighted by Crippen LogP contribution is -3.14. The molecule has 25 heavy (non-hydrogen) atoms. The third kappa shape index (κ3) is 3.48. The van der Waals surface area contributed by atoms with Crippen LogP contribution in [-0.4, -0.2) is 26.8 Å². The van der Waals surface area contributed by atoms with Crippen LogP contribution in [0, 0.1) is 5.82 Å². The third-order valence-corrected chi connectivity index (χ3v) is 5.08. The van der Waals surface area contributed by atoms with Gasteiger partial charge in [0.2, 0.25) is 0 Å². The van der Waals surface area contributed by atoms with Crippen LogP contribution >= 0.6 is 0 Å². The first kappa shape index (κ1) is 17.7. The Morgan fingerprint density at radius 3 is 2.52 bits per heavy atom. The molecule has 0 aliphatic carbocycles. The molecule has 2 aromatic carbocycles. The van der Waals surface area contributed by atoms with Crippen molar-refractivity contribution in [1.82, 2.24) is 0 Å². The highest BCUT2D eigenvalue weighted by Crippen LogP contribution is 2.34. The molecule has 0 radical (unpaired) electrons. The summed E-state index contributed by atoms with van der Waals surface area (Å²) in [6.45, 7) is 3.73. The van der Waals surface area contributed by atoms with Gasteiger partial charge in [0.15, 0.2) is 17.5 Å². The number of hydrogen-bond donors (Lipinski definition) is 2. The van der Waals surface area contributed by atoms with E-state index in [0.717, 1.165) is 30.0 Å². The predicted octanol–water partition coefficient (Wildman–Crippen LogP) is 1.16. The van der Waals surface area contributed by atoms with Gasteiger partial charge in [0.1, 0.15) is 18.4 Å². The van der Waals surface area contributed by atoms with Crippen molar-refractivity contribution < 1.29 is 24.5 Å². The SMILES string of the molecule is COc1cc2c(cc1OC)[C@@H]([C@@H](C)[NH3+])[NH+](Cc1ccccc1F)CC2. The maximum absolute atomic E-state index is 14.1. The molecule has 0 bridgehead atoms. The first-order valence-corrected chi connectivity index (χ1v) is 8.71. The molecule has 0 amide bonds. The van der Waals surface area contributed by atoms with E-state index in [2.05, 4.69) is 24.8 Å². The molecule has 1 unspecified atom stereocenters. The molecule has 1 aliphatic heterocycles. The summed E-state index contributed by atoms with van der Waals surface area (Å²) in [5, 5.41) is 0. The maximum Gasteiger partial charge on any atom is 0.166 e. The van der Waals surface area contributed by atoms with Crippen LogP contribution in [0.15, 0.2) is 36.4 Å². The van der Waals surface area contributed by atoms with E-state index in [1.165, 1.54) is 22.1 Å². The fraction of sp³-hybridized carbons (Fsp3) is 0.400. The Morgan fingerprint density at radius 1 is 1.20 bits per heavy atom. The molecule has 134 valence electrons. The van der Waals surface area contributed by atoms with E-state index in [-0.39, 0.29) is 17.9 Å². The van der Waals surface area contributed by atoms with E-state index in [0.29, 0.717) is 6.54 Å². The van der Waals surface area contributed by atoms with Crippen LogP contribution in [-0.2, 0) is 13.0 Å². The van der Waals surface area contributed by atoms with Gasteiger partial charge in [-0.2, -0.15) is 0 Å². The summed E-state index contributed by atoms with van der Waals surface area (Å²) in [6.07, 6.45) is 0.933. The van der Waals surface area contributed by atoms with Gasteiger partial charge in [-0.05, 0) is 30.7 Å². The van der Waals surface area contributed by atoms with Gasteiger partial charge in [-0.25, -0.2) is 4.39 Å². The number of methoxy groups -OCH3 is 2. The number of fused-ring (bicyclic) bond motifs is 1. The summed E-state index contributed by atoms with van der Waals surface area (Å²) in [7, 11) is 3.31. The van der Waals surface area contributed by atoms with Crippen LogP contribution < -0.4 is 20.1 Å². The van der Waals surface area contributed by atoms with E-state index in [1.807, 2.05) is 12.1 Å². The van der Waals surface area contributed by atoms with Crippen molar-refractivity contribution in [2.24, 2.45) is 0 Å². The zero-order valence-corrected chi connectivity index (χ0v) is 15.1. The highest BCUT2D eigenvalue weighted by molar-refractivity contribution is 5.49. The second-order valence-corrected chi connectivity index (χ2v) is 6.79. The molecule has 2 aromatic rings. The van der Waals surface area contributed by atoms with E-state index in [1.54, 1.807) is 20.3 Å². The Hall–Kier alpha value is -2.11. The molecule has 1 heterocycles. The van der Waals surface area contributed by atoms with Gasteiger partial charge in [-0.15, -0.1) is 0 Å². The largest absolute Gasteiger partial charge is 0.493 e. The van der Waals surface area contributed by atoms with Gasteiger partial charge in [0.25, 0.3) is 0 Å². The summed E-state index contributed by atoms with van der Waals surface area (Å²) in [6, 6.07) is 11.6. The Kier molecular flexibility index (Phi) is 5.25. The van der Waals surface area contributed by atoms with Crippen molar-refractivity contribution in [3.05, 3.63) is 58.9 Å². The molecule has 4 nitrogen and oxygen atoms in total. The highest BCUT2D eigenvalue weighted by Gasteiger charge is 2.37. The first-order valence-electron chi connectivity index (χ1n) is 8.71. The molecule has 5 heteroatoms. The summed E-state index contributed by atoms with van der Waals surface area (Å²) >= 11 is 0. The zero-order chi connectivity index (χ0) is 18.0. The molecule has 4 N–H and O–H groups in total. The normalized spacial score (nSPS) is 20.7. The molecule has 0 saturated heterocycles. The smallest absolute Gasteiger partial charge is 0.166 e. The summed E-state index contributed by atoms with van der Waals surface area (Å²) in [5.74, 6) is 1.36. The molecule has 0 aromatic heterocycles. The average molecular weight is 346 g/mol. The number of quaternary nitrogens is 2. The van der Waals surface area contributed by atoms with E-state index < -0.39 is 0 Å². The minimum absolute atomic E-state index is 0.136. The monoisotopic (exact) mass is 346 g/mol. The maximum atomic E-state index is 14.1. The molecule has 0 saturated carbocycles. The lowest BCUT2D eigenvalue weighted by molar-refractivity contribution is -0.957. The van der Waals surface area contributed by atoms with Crippen molar-refractivity contribution >= 4 is 0 Å². The molecule has 0 fully saturated rings. The predicted molar refractivity (Wildman–Crippen MR) is 94.3 cm³/mol. The van der Waals surface area contributed by atoms with Gasteiger partial charge in [0, 0.05) is 17.5 Å². The fourth-order valence-corrected chi connectivity index (χ4v) is 3.91. The van der Waals surface area contributed by atoms with Crippen molar-refractivity contribution in [3.8, 4) is 11.5 Å². The van der Waals surface area contributed by atoms with Crippen LogP contribution in [0.1, 0.15) is 29.7 Å². The van der Waals surface area contributed by atoms with Crippen LogP contribution in [0.4, 0.5) is 4.39 Å². The summed E-state index contributed by atoms with van der Waals surface area (Å²) in [5.41, 5.74) is 7.55. The number of halogens is 1. The van der Waals surface area contributed by atoms with E-state index in [9.17, 15) is 4.39 Å². The van der Waals surface area contributed by atoms with Crippen molar-refractivity contribution in [2.45, 2.75) is 32.0 Å². The lowest BCUT2D eigenvalue weighted by atomic mass is 9.88. The van der Waals surface area contributed by atoms with Gasteiger partial charge in [-0.1, -0.05) is 18.2 Å². The Labute approximate surface area is 148 Å². The molecule has 0 spiro atoms. The Balaban J connectivity index is 1.98. The number of nitrogens with one attached hydrogen (secondary N) is 1. The quantitative estimate of drug-likeness (QED) is 0.854. The minimum atomic E-state index is -0.136. The van der Waals surface area contributed by atoms with E-state index >= 15 is 0 Å². The van der Waals surface area contributed by atoms with Crippen LogP contribution in [0.3, 0.4) is 0 Å². The molecule has 3 atom stereocenters. The second-order valence-electron chi connectivity index (χ2n) is 6.79. The lowest BCUT2D eigenvalue weighted by Gasteiger charge is -2.35. The average Bonchev–Trinajstić information content (AvgIpc) is 2.61. The molecule has 3 rings (SSSR count). The van der Waals surface area contributed by atoms with E-state index in [4.69, 9.17) is 9.47 Å². The number of benzene rings is 2. The summed E-state index contributed by atoms with van der Waals surface area (Å²) in [4.78, 5) is 1.34. The summed E-state index contributed by atoms with van der Waals surface area (Å²) < 4.78 is 25.0. The van der Waals surface area contributed by atoms with Gasteiger partial charge in [0.05, 0.1) is 20.8 Å². The number of rotatable bonds is 5. The third-order valence-electron chi connectivity index (χ3n) is 5.08. The van der Waals surface area contributed by atoms with Crippen LogP contribution in [0.2, 0.25) is 0 Å². The first-order chi connectivity index (χ1) is 12.0. The topological polar surface area (TPSA) is 50.5 Å². The molecule has 1 aliphatic rings. The standard InChI is InChI=1S/C20H25FN2O2/c1-13(22)20-16-11-19(25-3)18(24-2)10-14(16)8-9-23(20)12-15-6-4-5-7-17(15)21/h4-7,10-11,13,20H,8-9,12,22H2,1-3H3/p+2/t13-,20-/m1/s1.